The van der Waals surface area contributed by atoms with E-state index in [0.29, 0.717) is 6.42 Å². The highest BCUT2D eigenvalue weighted by atomic mass is 32.2. The van der Waals surface area contributed by atoms with E-state index in [9.17, 15) is 9.59 Å². The summed E-state index contributed by atoms with van der Waals surface area (Å²) in [5.74, 6) is 0.933. The van der Waals surface area contributed by atoms with Gasteiger partial charge in [0.1, 0.15) is 6.04 Å². The zero-order valence-electron chi connectivity index (χ0n) is 15.1. The smallest absolute Gasteiger partial charge is 0.243 e. The lowest BCUT2D eigenvalue weighted by atomic mass is 10.1. The SMILES string of the molecule is CCCCCCNC(=O)[C@H]1CS[C@H](CCC)N1C(=O)CCCC. The molecule has 0 saturated carbocycles. The Kier molecular flexibility index (Phi) is 10.4. The van der Waals surface area contributed by atoms with Crippen LogP contribution in [-0.2, 0) is 9.59 Å². The van der Waals surface area contributed by atoms with E-state index in [1.807, 2.05) is 4.90 Å². The monoisotopic (exact) mass is 342 g/mol. The fraction of sp³-hybridized carbons (Fsp3) is 0.889. The van der Waals surface area contributed by atoms with E-state index in [1.54, 1.807) is 11.8 Å². The Bertz CT molecular complexity index is 363. The van der Waals surface area contributed by atoms with Crippen LogP contribution in [0.25, 0.3) is 0 Å². The minimum absolute atomic E-state index is 0.0393. The highest BCUT2D eigenvalue weighted by Crippen LogP contribution is 2.33. The van der Waals surface area contributed by atoms with Gasteiger partial charge in [-0.2, -0.15) is 0 Å². The largest absolute Gasteiger partial charge is 0.354 e. The second kappa shape index (κ2) is 11.8. The molecule has 0 spiro atoms. The highest BCUT2D eigenvalue weighted by Gasteiger charge is 2.40. The van der Waals surface area contributed by atoms with Crippen molar-refractivity contribution >= 4 is 23.6 Å². The molecule has 1 aliphatic rings. The molecule has 4 nitrogen and oxygen atoms in total. The zero-order chi connectivity index (χ0) is 17.1. The van der Waals surface area contributed by atoms with Crippen molar-refractivity contribution < 1.29 is 9.59 Å². The van der Waals surface area contributed by atoms with Crippen LogP contribution in [0.2, 0.25) is 0 Å². The van der Waals surface area contributed by atoms with E-state index < -0.39 is 0 Å². The summed E-state index contributed by atoms with van der Waals surface area (Å²) in [6, 6.07) is -0.271. The number of carbonyl (C=O) groups is 2. The van der Waals surface area contributed by atoms with Crippen molar-refractivity contribution in [3.8, 4) is 0 Å². The predicted molar refractivity (Wildman–Crippen MR) is 98.5 cm³/mol. The summed E-state index contributed by atoms with van der Waals surface area (Å²) >= 11 is 1.76. The summed E-state index contributed by atoms with van der Waals surface area (Å²) in [4.78, 5) is 26.9. The molecule has 0 radical (unpaired) electrons. The molecule has 1 aliphatic heterocycles. The Morgan fingerprint density at radius 2 is 1.78 bits per heavy atom. The number of hydrogen-bond acceptors (Lipinski definition) is 3. The van der Waals surface area contributed by atoms with Gasteiger partial charge in [0.05, 0.1) is 5.37 Å². The van der Waals surface area contributed by atoms with Crippen LogP contribution in [0, 0.1) is 0 Å². The lowest BCUT2D eigenvalue weighted by Gasteiger charge is -2.29. The van der Waals surface area contributed by atoms with Gasteiger partial charge in [-0.15, -0.1) is 11.8 Å². The second-order valence-corrected chi connectivity index (χ2v) is 7.56. The molecule has 0 aromatic carbocycles. The quantitative estimate of drug-likeness (QED) is 0.579. The Labute approximate surface area is 146 Å². The van der Waals surface area contributed by atoms with Gasteiger partial charge in [0.25, 0.3) is 0 Å². The molecule has 2 amide bonds. The van der Waals surface area contributed by atoms with Crippen LogP contribution in [-0.4, -0.2) is 40.4 Å². The summed E-state index contributed by atoms with van der Waals surface area (Å²) < 4.78 is 0. The fourth-order valence-corrected chi connectivity index (χ4v) is 4.45. The summed E-state index contributed by atoms with van der Waals surface area (Å²) in [7, 11) is 0. The van der Waals surface area contributed by atoms with Crippen LogP contribution in [0.5, 0.6) is 0 Å². The Morgan fingerprint density at radius 3 is 2.43 bits per heavy atom. The first-order chi connectivity index (χ1) is 11.2. The third kappa shape index (κ3) is 6.74. The van der Waals surface area contributed by atoms with Gasteiger partial charge in [-0.05, 0) is 19.3 Å². The van der Waals surface area contributed by atoms with E-state index in [4.69, 9.17) is 0 Å². The second-order valence-electron chi connectivity index (χ2n) is 6.35. The molecule has 0 aromatic heterocycles. The van der Waals surface area contributed by atoms with Crippen molar-refractivity contribution in [2.75, 3.05) is 12.3 Å². The van der Waals surface area contributed by atoms with Crippen molar-refractivity contribution in [2.24, 2.45) is 0 Å². The van der Waals surface area contributed by atoms with E-state index in [1.165, 1.54) is 12.8 Å². The van der Waals surface area contributed by atoms with Gasteiger partial charge in [-0.25, -0.2) is 0 Å². The average molecular weight is 343 g/mol. The number of amides is 2. The van der Waals surface area contributed by atoms with E-state index in [0.717, 1.165) is 50.8 Å². The maximum Gasteiger partial charge on any atom is 0.243 e. The molecule has 1 rings (SSSR count). The molecule has 0 aromatic rings. The maximum atomic E-state index is 12.6. The third-order valence-corrected chi connectivity index (χ3v) is 5.65. The van der Waals surface area contributed by atoms with Crippen LogP contribution in [0.4, 0.5) is 0 Å². The van der Waals surface area contributed by atoms with Gasteiger partial charge in [0, 0.05) is 18.7 Å². The van der Waals surface area contributed by atoms with Crippen LogP contribution < -0.4 is 5.32 Å². The lowest BCUT2D eigenvalue weighted by Crippen LogP contribution is -2.49. The summed E-state index contributed by atoms with van der Waals surface area (Å²) in [6.07, 6.45) is 9.11. The van der Waals surface area contributed by atoms with Crippen molar-refractivity contribution in [3.05, 3.63) is 0 Å². The minimum Gasteiger partial charge on any atom is -0.354 e. The first-order valence-corrected chi connectivity index (χ1v) is 10.4. The number of rotatable bonds is 11. The van der Waals surface area contributed by atoms with Crippen molar-refractivity contribution in [3.63, 3.8) is 0 Å². The van der Waals surface area contributed by atoms with Crippen LogP contribution in [0.3, 0.4) is 0 Å². The number of thioether (sulfide) groups is 1. The summed E-state index contributed by atoms with van der Waals surface area (Å²) in [5, 5.41) is 3.22. The molecule has 134 valence electrons. The van der Waals surface area contributed by atoms with Gasteiger partial charge in [0.2, 0.25) is 11.8 Å². The van der Waals surface area contributed by atoms with Crippen molar-refractivity contribution in [2.45, 2.75) is 90.0 Å². The Morgan fingerprint density at radius 1 is 1.04 bits per heavy atom. The molecule has 1 fully saturated rings. The standard InChI is InChI=1S/C18H34N2O2S/c1-4-7-9-10-13-19-18(22)15-14-23-17(11-6-3)20(15)16(21)12-8-5-2/h15,17H,4-14H2,1-3H3,(H,19,22)/t15-,17-/m1/s1. The normalized spacial score (nSPS) is 20.7. The van der Waals surface area contributed by atoms with E-state index in [-0.39, 0.29) is 23.2 Å². The Hall–Kier alpha value is -0.710. The molecule has 1 N–H and O–H groups in total. The van der Waals surface area contributed by atoms with E-state index in [2.05, 4.69) is 26.1 Å². The summed E-state index contributed by atoms with van der Waals surface area (Å²) in [6.45, 7) is 7.14. The first kappa shape index (κ1) is 20.3. The van der Waals surface area contributed by atoms with Gasteiger partial charge in [-0.3, -0.25) is 9.59 Å². The molecule has 1 saturated heterocycles. The molecule has 0 bridgehead atoms. The predicted octanol–water partition coefficient (Wildman–Crippen LogP) is 3.94. The number of unbranched alkanes of at least 4 members (excludes halogenated alkanes) is 4. The van der Waals surface area contributed by atoms with Crippen LogP contribution in [0.15, 0.2) is 0 Å². The maximum absolute atomic E-state index is 12.6. The Balaban J connectivity index is 2.55. The molecular weight excluding hydrogens is 308 g/mol. The third-order valence-electron chi connectivity index (χ3n) is 4.29. The van der Waals surface area contributed by atoms with Crippen LogP contribution >= 0.6 is 11.8 Å². The summed E-state index contributed by atoms with van der Waals surface area (Å²) in [5.41, 5.74) is 0. The zero-order valence-corrected chi connectivity index (χ0v) is 15.9. The molecule has 1 heterocycles. The lowest BCUT2D eigenvalue weighted by molar-refractivity contribution is -0.139. The van der Waals surface area contributed by atoms with E-state index >= 15 is 0 Å². The van der Waals surface area contributed by atoms with Gasteiger partial charge in [0.15, 0.2) is 0 Å². The average Bonchev–Trinajstić information content (AvgIpc) is 2.96. The molecular formula is C18H34N2O2S. The fourth-order valence-electron chi connectivity index (χ4n) is 2.91. The van der Waals surface area contributed by atoms with Gasteiger partial charge < -0.3 is 10.2 Å². The number of nitrogens with zero attached hydrogens (tertiary/aromatic N) is 1. The number of hydrogen-bond donors (Lipinski definition) is 1. The number of carbonyl (C=O) groups excluding carboxylic acids is 2. The first-order valence-electron chi connectivity index (χ1n) is 9.36. The highest BCUT2D eigenvalue weighted by molar-refractivity contribution is 8.00. The molecule has 5 heteroatoms. The molecule has 0 aliphatic carbocycles. The van der Waals surface area contributed by atoms with Crippen molar-refractivity contribution in [1.29, 1.82) is 0 Å². The van der Waals surface area contributed by atoms with Crippen molar-refractivity contribution in [1.82, 2.24) is 10.2 Å². The number of nitrogens with one attached hydrogen (secondary N) is 1. The van der Waals surface area contributed by atoms with Gasteiger partial charge >= 0.3 is 0 Å². The van der Waals surface area contributed by atoms with Gasteiger partial charge in [-0.1, -0.05) is 52.9 Å². The van der Waals surface area contributed by atoms with Crippen LogP contribution in [0.1, 0.15) is 78.6 Å². The molecule has 2 atom stereocenters. The minimum atomic E-state index is -0.271. The topological polar surface area (TPSA) is 49.4 Å². The molecule has 0 unspecified atom stereocenters. The molecule has 23 heavy (non-hydrogen) atoms.